The molecule has 0 aliphatic carbocycles. The number of halogens is 2. The third-order valence-electron chi connectivity index (χ3n) is 3.10. The molecule has 0 radical (unpaired) electrons. The van der Waals surface area contributed by atoms with Gasteiger partial charge < -0.3 is 15.2 Å². The molecule has 0 fully saturated rings. The van der Waals surface area contributed by atoms with E-state index in [0.29, 0.717) is 10.8 Å². The Bertz CT molecular complexity index is 860. The van der Waals surface area contributed by atoms with Gasteiger partial charge in [-0.05, 0) is 71.2 Å². The Balaban J connectivity index is 2.11. The van der Waals surface area contributed by atoms with Crippen molar-refractivity contribution >= 4 is 69.1 Å². The average molecular weight is 491 g/mol. The molecular weight excluding hydrogens is 479 g/mol. The van der Waals surface area contributed by atoms with Crippen LogP contribution >= 0.6 is 46.4 Å². The molecule has 0 heterocycles. The minimum Gasteiger partial charge on any atom is -0.495 e. The quantitative estimate of drug-likeness (QED) is 0.447. The molecule has 0 aromatic heterocycles. The first-order valence-electron chi connectivity index (χ1n) is 6.80. The summed E-state index contributed by atoms with van der Waals surface area (Å²) in [6, 6.07) is 9.35. The maximum atomic E-state index is 12.2. The number of thiocarbonyl (C=S) groups is 1. The molecular formula is C16H12ClIN2O4S. The second kappa shape index (κ2) is 8.45. The van der Waals surface area contributed by atoms with E-state index in [1.807, 2.05) is 22.6 Å². The van der Waals surface area contributed by atoms with E-state index in [2.05, 4.69) is 10.6 Å². The van der Waals surface area contributed by atoms with Gasteiger partial charge in [0.2, 0.25) is 0 Å². The van der Waals surface area contributed by atoms with Crippen LogP contribution in [0.3, 0.4) is 0 Å². The number of nitrogens with one attached hydrogen (secondary N) is 2. The third-order valence-corrected chi connectivity index (χ3v) is 4.27. The number of methoxy groups -OCH3 is 1. The molecule has 6 nitrogen and oxygen atoms in total. The fraction of sp³-hybridized carbons (Fsp3) is 0.0625. The van der Waals surface area contributed by atoms with Crippen LogP contribution < -0.4 is 15.4 Å². The summed E-state index contributed by atoms with van der Waals surface area (Å²) >= 11 is 13.1. The number of ether oxygens (including phenoxy) is 1. The van der Waals surface area contributed by atoms with Crippen molar-refractivity contribution in [3.8, 4) is 5.75 Å². The molecule has 25 heavy (non-hydrogen) atoms. The van der Waals surface area contributed by atoms with Crippen LogP contribution in [-0.4, -0.2) is 29.2 Å². The summed E-state index contributed by atoms with van der Waals surface area (Å²) in [5.41, 5.74) is 0.623. The Morgan fingerprint density at radius 3 is 2.56 bits per heavy atom. The van der Waals surface area contributed by atoms with Gasteiger partial charge in [-0.1, -0.05) is 11.6 Å². The lowest BCUT2D eigenvalue weighted by molar-refractivity contribution is 0.0697. The van der Waals surface area contributed by atoms with Crippen molar-refractivity contribution in [2.24, 2.45) is 0 Å². The summed E-state index contributed by atoms with van der Waals surface area (Å²) in [6.45, 7) is 0. The van der Waals surface area contributed by atoms with Crippen LogP contribution in [0.2, 0.25) is 5.02 Å². The Morgan fingerprint density at radius 2 is 1.96 bits per heavy atom. The molecule has 0 bridgehead atoms. The molecule has 2 rings (SSSR count). The molecule has 0 unspecified atom stereocenters. The smallest absolute Gasteiger partial charge is 0.337 e. The molecule has 1 amide bonds. The molecule has 0 saturated heterocycles. The first-order chi connectivity index (χ1) is 11.8. The van der Waals surface area contributed by atoms with Gasteiger partial charge in [-0.2, -0.15) is 0 Å². The van der Waals surface area contributed by atoms with Gasteiger partial charge in [0.25, 0.3) is 5.91 Å². The highest BCUT2D eigenvalue weighted by molar-refractivity contribution is 14.1. The van der Waals surface area contributed by atoms with E-state index in [0.717, 1.165) is 3.57 Å². The fourth-order valence-electron chi connectivity index (χ4n) is 1.94. The number of rotatable bonds is 4. The highest BCUT2D eigenvalue weighted by Crippen LogP contribution is 2.25. The van der Waals surface area contributed by atoms with Crippen LogP contribution in [0.1, 0.15) is 20.7 Å². The van der Waals surface area contributed by atoms with Crippen molar-refractivity contribution in [3.63, 3.8) is 0 Å². The lowest BCUT2D eigenvalue weighted by atomic mass is 10.2. The van der Waals surface area contributed by atoms with Crippen LogP contribution in [0.25, 0.3) is 0 Å². The standard InChI is InChI=1S/C16H12ClIN2O4S/c1-24-13-5-2-8(6-11(13)17)14(21)20-16(25)19-12-4-3-9(18)7-10(12)15(22)23/h2-7H,1H3,(H,22,23)(H2,19,20,21,25). The minimum atomic E-state index is -1.10. The highest BCUT2D eigenvalue weighted by Gasteiger charge is 2.14. The number of carbonyl (C=O) groups is 2. The predicted molar refractivity (Wildman–Crippen MR) is 108 cm³/mol. The van der Waals surface area contributed by atoms with Gasteiger partial charge >= 0.3 is 5.97 Å². The number of carboxylic acids is 1. The zero-order chi connectivity index (χ0) is 18.6. The summed E-state index contributed by atoms with van der Waals surface area (Å²) in [7, 11) is 1.47. The van der Waals surface area contributed by atoms with Gasteiger partial charge in [-0.25, -0.2) is 4.79 Å². The molecule has 130 valence electrons. The van der Waals surface area contributed by atoms with Gasteiger partial charge in [0.05, 0.1) is 23.4 Å². The Kier molecular flexibility index (Phi) is 6.57. The van der Waals surface area contributed by atoms with E-state index in [1.54, 1.807) is 18.2 Å². The molecule has 0 aliphatic rings. The molecule has 0 atom stereocenters. The van der Waals surface area contributed by atoms with Crippen LogP contribution in [0, 0.1) is 3.57 Å². The molecule has 0 spiro atoms. The van der Waals surface area contributed by atoms with E-state index in [-0.39, 0.29) is 21.9 Å². The Labute approximate surface area is 167 Å². The number of amides is 1. The summed E-state index contributed by atoms with van der Waals surface area (Å²) in [4.78, 5) is 23.5. The van der Waals surface area contributed by atoms with Crippen LogP contribution in [0.4, 0.5) is 5.69 Å². The first kappa shape index (κ1) is 19.4. The van der Waals surface area contributed by atoms with Crippen molar-refractivity contribution in [1.29, 1.82) is 0 Å². The van der Waals surface area contributed by atoms with Gasteiger partial charge in [0.1, 0.15) is 5.75 Å². The summed E-state index contributed by atoms with van der Waals surface area (Å²) in [5.74, 6) is -1.13. The van der Waals surface area contributed by atoms with Crippen LogP contribution in [-0.2, 0) is 0 Å². The lowest BCUT2D eigenvalue weighted by Gasteiger charge is -2.12. The first-order valence-corrected chi connectivity index (χ1v) is 8.67. The van der Waals surface area contributed by atoms with E-state index >= 15 is 0 Å². The predicted octanol–water partition coefficient (Wildman–Crippen LogP) is 3.78. The van der Waals surface area contributed by atoms with Crippen molar-refractivity contribution in [1.82, 2.24) is 5.32 Å². The second-order valence-electron chi connectivity index (χ2n) is 4.75. The second-order valence-corrected chi connectivity index (χ2v) is 6.81. The largest absolute Gasteiger partial charge is 0.495 e. The monoisotopic (exact) mass is 490 g/mol. The van der Waals surface area contributed by atoms with Gasteiger partial charge in [0, 0.05) is 9.13 Å². The van der Waals surface area contributed by atoms with Crippen molar-refractivity contribution in [3.05, 3.63) is 56.1 Å². The molecule has 0 aliphatic heterocycles. The zero-order valence-electron chi connectivity index (χ0n) is 12.8. The summed E-state index contributed by atoms with van der Waals surface area (Å²) < 4.78 is 5.79. The minimum absolute atomic E-state index is 0.0272. The van der Waals surface area contributed by atoms with E-state index in [9.17, 15) is 14.7 Å². The third kappa shape index (κ3) is 5.03. The number of carbonyl (C=O) groups excluding carboxylic acids is 1. The van der Waals surface area contributed by atoms with Crippen LogP contribution in [0.15, 0.2) is 36.4 Å². The highest BCUT2D eigenvalue weighted by atomic mass is 127. The summed E-state index contributed by atoms with van der Waals surface area (Å²) in [5, 5.41) is 14.7. The lowest BCUT2D eigenvalue weighted by Crippen LogP contribution is -2.34. The number of carboxylic acid groups (broad SMARTS) is 1. The SMILES string of the molecule is COc1ccc(C(=O)NC(=S)Nc2ccc(I)cc2C(=O)O)cc1Cl. The topological polar surface area (TPSA) is 87.7 Å². The Hall–Kier alpha value is -1.91. The number of aromatic carboxylic acids is 1. The molecule has 0 saturated carbocycles. The van der Waals surface area contributed by atoms with Crippen molar-refractivity contribution < 1.29 is 19.4 Å². The number of benzene rings is 2. The van der Waals surface area contributed by atoms with Crippen molar-refractivity contribution in [2.45, 2.75) is 0 Å². The van der Waals surface area contributed by atoms with E-state index in [1.165, 1.54) is 25.3 Å². The van der Waals surface area contributed by atoms with E-state index < -0.39 is 11.9 Å². The van der Waals surface area contributed by atoms with Crippen LogP contribution in [0.5, 0.6) is 5.75 Å². The molecule has 9 heteroatoms. The van der Waals surface area contributed by atoms with Gasteiger partial charge in [0.15, 0.2) is 5.11 Å². The molecule has 3 N–H and O–H groups in total. The van der Waals surface area contributed by atoms with Crippen molar-refractivity contribution in [2.75, 3.05) is 12.4 Å². The fourth-order valence-corrected chi connectivity index (χ4v) is 2.89. The van der Waals surface area contributed by atoms with Gasteiger partial charge in [-0.15, -0.1) is 0 Å². The van der Waals surface area contributed by atoms with Gasteiger partial charge in [-0.3, -0.25) is 10.1 Å². The average Bonchev–Trinajstić information content (AvgIpc) is 2.56. The maximum absolute atomic E-state index is 12.2. The maximum Gasteiger partial charge on any atom is 0.337 e. The normalized spacial score (nSPS) is 10.0. The number of anilines is 1. The molecule has 2 aromatic rings. The zero-order valence-corrected chi connectivity index (χ0v) is 16.5. The Morgan fingerprint density at radius 1 is 1.24 bits per heavy atom. The summed E-state index contributed by atoms with van der Waals surface area (Å²) in [6.07, 6.45) is 0. The number of hydrogen-bond donors (Lipinski definition) is 3. The number of hydrogen-bond acceptors (Lipinski definition) is 4. The van der Waals surface area contributed by atoms with E-state index in [4.69, 9.17) is 28.6 Å². The molecule has 2 aromatic carbocycles.